The third-order valence-electron chi connectivity index (χ3n) is 1.73. The molecule has 0 heterocycles. The fourth-order valence-corrected chi connectivity index (χ4v) is 1.14. The van der Waals surface area contributed by atoms with Gasteiger partial charge in [-0.15, -0.1) is 0 Å². The predicted molar refractivity (Wildman–Crippen MR) is 52.9 cm³/mol. The highest BCUT2D eigenvalue weighted by Crippen LogP contribution is 2.27. The molecule has 0 fully saturated rings. The van der Waals surface area contributed by atoms with E-state index in [1.165, 1.54) is 14.2 Å². The molecule has 0 radical (unpaired) electrons. The van der Waals surface area contributed by atoms with E-state index in [0.29, 0.717) is 17.1 Å². The third kappa shape index (κ3) is 2.09. The van der Waals surface area contributed by atoms with E-state index in [9.17, 15) is 4.79 Å². The van der Waals surface area contributed by atoms with Crippen LogP contribution < -0.4 is 14.3 Å². The maximum Gasteiger partial charge on any atom is 0.265 e. The number of carbonyl (C=O) groups excluding carboxylic acids is 1. The van der Waals surface area contributed by atoms with Gasteiger partial charge in [-0.05, 0) is 18.2 Å². The summed E-state index contributed by atoms with van der Waals surface area (Å²) in [5.74, 6) is 0.677. The summed E-state index contributed by atoms with van der Waals surface area (Å²) in [6.07, 6.45) is 0. The molecule has 0 aliphatic rings. The number of methoxy groups -OCH3 is 2. The Balaban J connectivity index is 3.07. The fourth-order valence-electron chi connectivity index (χ4n) is 1.03. The summed E-state index contributed by atoms with van der Waals surface area (Å²) in [4.78, 5) is 13.1. The van der Waals surface area contributed by atoms with Crippen molar-refractivity contribution in [2.45, 2.75) is 0 Å². The second-order valence-electron chi connectivity index (χ2n) is 2.49. The summed E-state index contributed by atoms with van der Waals surface area (Å²) in [5.41, 5.74) is 0.414. The van der Waals surface area contributed by atoms with E-state index in [4.69, 9.17) is 21.3 Å². The zero-order valence-corrected chi connectivity index (χ0v) is 8.59. The van der Waals surface area contributed by atoms with E-state index in [2.05, 4.69) is 0 Å². The van der Waals surface area contributed by atoms with Gasteiger partial charge in [0.05, 0.1) is 14.2 Å². The Morgan fingerprint density at radius 1 is 1.29 bits per heavy atom. The first-order valence-electron chi connectivity index (χ1n) is 3.86. The second-order valence-corrected chi connectivity index (χ2v) is 2.68. The van der Waals surface area contributed by atoms with Crippen LogP contribution in [0.15, 0.2) is 18.2 Å². The van der Waals surface area contributed by atoms with Gasteiger partial charge in [-0.3, -0.25) is 9.63 Å². The summed E-state index contributed by atoms with van der Waals surface area (Å²) in [5, 5.41) is 0. The van der Waals surface area contributed by atoms with Gasteiger partial charge in [-0.2, -0.15) is 0 Å². The van der Waals surface area contributed by atoms with E-state index < -0.39 is 0 Å². The Kier molecular flexibility index (Phi) is 3.59. The molecule has 0 aliphatic heterocycles. The molecular formula is C9H10ClNO3. The molecule has 1 N–H and O–H groups in total. The molecule has 0 bridgehead atoms. The van der Waals surface area contributed by atoms with E-state index in [1.54, 1.807) is 18.2 Å². The summed E-state index contributed by atoms with van der Waals surface area (Å²) in [6.45, 7) is 0. The molecule has 76 valence electrons. The zero-order chi connectivity index (χ0) is 10.6. The van der Waals surface area contributed by atoms with Crippen LogP contribution >= 0.6 is 11.8 Å². The van der Waals surface area contributed by atoms with Crippen LogP contribution in [0.3, 0.4) is 0 Å². The maximum absolute atomic E-state index is 11.1. The molecule has 0 saturated heterocycles. The van der Waals surface area contributed by atoms with Crippen LogP contribution in [-0.4, -0.2) is 20.1 Å². The van der Waals surface area contributed by atoms with Crippen molar-refractivity contribution in [1.29, 1.82) is 0 Å². The lowest BCUT2D eigenvalue weighted by Gasteiger charge is -2.08. The topological polar surface area (TPSA) is 47.6 Å². The number of amides is 1. The molecular weight excluding hydrogens is 206 g/mol. The van der Waals surface area contributed by atoms with Gasteiger partial charge in [0.1, 0.15) is 0 Å². The van der Waals surface area contributed by atoms with Crippen LogP contribution in [0.5, 0.6) is 11.5 Å². The van der Waals surface area contributed by atoms with Crippen molar-refractivity contribution < 1.29 is 14.3 Å². The number of halogens is 1. The van der Waals surface area contributed by atoms with Gasteiger partial charge in [0.2, 0.25) is 0 Å². The number of hydrogen-bond acceptors (Lipinski definition) is 3. The fraction of sp³-hybridized carbons (Fsp3) is 0.222. The number of hydrogen-bond donors (Lipinski definition) is 1. The molecule has 0 unspecified atom stereocenters. The number of rotatable bonds is 3. The Hall–Kier alpha value is -1.42. The van der Waals surface area contributed by atoms with Crippen LogP contribution in [0.4, 0.5) is 0 Å². The Bertz CT molecular complexity index is 341. The average molecular weight is 216 g/mol. The van der Waals surface area contributed by atoms with Crippen LogP contribution in [0.1, 0.15) is 10.4 Å². The van der Waals surface area contributed by atoms with Gasteiger partial charge < -0.3 is 9.47 Å². The average Bonchev–Trinajstić information content (AvgIpc) is 2.26. The normalized spacial score (nSPS) is 9.36. The first-order chi connectivity index (χ1) is 6.72. The minimum atomic E-state index is -0.382. The molecule has 0 saturated carbocycles. The van der Waals surface area contributed by atoms with Gasteiger partial charge in [0.25, 0.3) is 5.91 Å². The molecule has 0 spiro atoms. The van der Waals surface area contributed by atoms with Crippen LogP contribution in [0, 0.1) is 0 Å². The lowest BCUT2D eigenvalue weighted by atomic mass is 10.2. The quantitative estimate of drug-likeness (QED) is 0.779. The SMILES string of the molecule is COc1ccc(C(=O)NCl)cc1OC. The van der Waals surface area contributed by atoms with Crippen LogP contribution in [0.25, 0.3) is 0 Å². The van der Waals surface area contributed by atoms with Gasteiger partial charge in [0, 0.05) is 17.3 Å². The van der Waals surface area contributed by atoms with Crippen molar-refractivity contribution in [3.05, 3.63) is 23.8 Å². The standard InChI is InChI=1S/C9H10ClNO3/c1-13-7-4-3-6(9(12)11-10)5-8(7)14-2/h3-5H,1-2H3,(H,11,12). The third-order valence-corrected chi connectivity index (χ3v) is 1.90. The van der Waals surface area contributed by atoms with Crippen molar-refractivity contribution in [3.8, 4) is 11.5 Å². The highest BCUT2D eigenvalue weighted by molar-refractivity contribution is 6.24. The number of ether oxygens (including phenoxy) is 2. The van der Waals surface area contributed by atoms with Crippen molar-refractivity contribution >= 4 is 17.7 Å². The van der Waals surface area contributed by atoms with E-state index in [1.807, 2.05) is 4.84 Å². The highest BCUT2D eigenvalue weighted by atomic mass is 35.5. The molecule has 0 aromatic heterocycles. The van der Waals surface area contributed by atoms with Gasteiger partial charge in [-0.1, -0.05) is 0 Å². The van der Waals surface area contributed by atoms with E-state index in [-0.39, 0.29) is 5.91 Å². The summed E-state index contributed by atoms with van der Waals surface area (Å²) in [6, 6.07) is 4.79. The molecule has 5 heteroatoms. The molecule has 1 rings (SSSR count). The predicted octanol–water partition coefficient (Wildman–Crippen LogP) is 1.59. The van der Waals surface area contributed by atoms with Crippen molar-refractivity contribution in [3.63, 3.8) is 0 Å². The maximum atomic E-state index is 11.1. The highest BCUT2D eigenvalue weighted by Gasteiger charge is 2.09. The summed E-state index contributed by atoms with van der Waals surface area (Å²) >= 11 is 5.18. The van der Waals surface area contributed by atoms with Crippen LogP contribution in [-0.2, 0) is 0 Å². The first-order valence-corrected chi connectivity index (χ1v) is 4.23. The number of nitrogens with one attached hydrogen (secondary N) is 1. The Morgan fingerprint density at radius 2 is 1.93 bits per heavy atom. The summed E-state index contributed by atoms with van der Waals surface area (Å²) in [7, 11) is 3.03. The van der Waals surface area contributed by atoms with Crippen molar-refractivity contribution in [2.75, 3.05) is 14.2 Å². The second kappa shape index (κ2) is 4.72. The van der Waals surface area contributed by atoms with Crippen molar-refractivity contribution in [1.82, 2.24) is 4.84 Å². The molecule has 0 atom stereocenters. The van der Waals surface area contributed by atoms with Gasteiger partial charge >= 0.3 is 0 Å². The van der Waals surface area contributed by atoms with Gasteiger partial charge in [-0.25, -0.2) is 0 Å². The smallest absolute Gasteiger partial charge is 0.265 e. The molecule has 1 amide bonds. The minimum Gasteiger partial charge on any atom is -0.493 e. The van der Waals surface area contributed by atoms with E-state index in [0.717, 1.165) is 0 Å². The lowest BCUT2D eigenvalue weighted by molar-refractivity contribution is 0.0981. The zero-order valence-electron chi connectivity index (χ0n) is 7.83. The van der Waals surface area contributed by atoms with Gasteiger partial charge in [0.15, 0.2) is 11.5 Å². The minimum absolute atomic E-state index is 0.382. The Morgan fingerprint density at radius 3 is 2.43 bits per heavy atom. The van der Waals surface area contributed by atoms with E-state index >= 15 is 0 Å². The van der Waals surface area contributed by atoms with Crippen molar-refractivity contribution in [2.24, 2.45) is 0 Å². The molecule has 1 aromatic rings. The molecule has 14 heavy (non-hydrogen) atoms. The number of carbonyl (C=O) groups is 1. The molecule has 0 aliphatic carbocycles. The summed E-state index contributed by atoms with van der Waals surface area (Å²) < 4.78 is 10.0. The first kappa shape index (κ1) is 10.7. The largest absolute Gasteiger partial charge is 0.493 e. The van der Waals surface area contributed by atoms with Crippen LogP contribution in [0.2, 0.25) is 0 Å². The number of benzene rings is 1. The lowest BCUT2D eigenvalue weighted by Crippen LogP contribution is -2.12. The Labute approximate surface area is 86.9 Å². The molecule has 4 nitrogen and oxygen atoms in total. The molecule has 1 aromatic carbocycles. The monoisotopic (exact) mass is 215 g/mol.